The molecule has 1 aromatic rings. The monoisotopic (exact) mass is 327 g/mol. The summed E-state index contributed by atoms with van der Waals surface area (Å²) < 4.78 is 6.29. The molecule has 0 amide bonds. The quantitative estimate of drug-likeness (QED) is 0.917. The minimum Gasteiger partial charge on any atom is -0.508 e. The van der Waals surface area contributed by atoms with E-state index in [1.54, 1.807) is 13.2 Å². The van der Waals surface area contributed by atoms with Gasteiger partial charge in [-0.15, -0.1) is 0 Å². The maximum Gasteiger partial charge on any atom is 0.120 e. The molecule has 4 heteroatoms. The molecule has 19 heavy (non-hydrogen) atoms. The second kappa shape index (κ2) is 6.73. The maximum absolute atomic E-state index is 10.0. The van der Waals surface area contributed by atoms with Gasteiger partial charge in [0, 0.05) is 29.7 Å². The second-order valence-electron chi connectivity index (χ2n) is 5.34. The van der Waals surface area contributed by atoms with Crippen molar-refractivity contribution in [1.82, 2.24) is 4.90 Å². The third-order valence-corrected chi connectivity index (χ3v) is 4.43. The van der Waals surface area contributed by atoms with E-state index in [0.29, 0.717) is 11.7 Å². The van der Waals surface area contributed by atoms with Gasteiger partial charge in [0.05, 0.1) is 6.61 Å². The van der Waals surface area contributed by atoms with Crippen molar-refractivity contribution < 1.29 is 9.84 Å². The van der Waals surface area contributed by atoms with E-state index in [1.165, 1.54) is 12.8 Å². The highest BCUT2D eigenvalue weighted by Crippen LogP contribution is 2.33. The first-order chi connectivity index (χ1) is 9.11. The molecule has 0 aromatic heterocycles. The Labute approximate surface area is 123 Å². The lowest BCUT2D eigenvalue weighted by atomic mass is 9.95. The number of likely N-dealkylation sites (tertiary alicyclic amines) is 1. The number of rotatable bonds is 4. The first kappa shape index (κ1) is 14.8. The fourth-order valence-electron chi connectivity index (χ4n) is 2.88. The summed E-state index contributed by atoms with van der Waals surface area (Å²) in [5.74, 6) is 0.986. The maximum atomic E-state index is 10.0. The molecular weight excluding hydrogens is 306 g/mol. The van der Waals surface area contributed by atoms with Crippen LogP contribution in [0.3, 0.4) is 0 Å². The van der Waals surface area contributed by atoms with Crippen molar-refractivity contribution in [3.63, 3.8) is 0 Å². The van der Waals surface area contributed by atoms with Gasteiger partial charge in [0.1, 0.15) is 5.75 Å². The Bertz CT molecular complexity index is 423. The highest BCUT2D eigenvalue weighted by Gasteiger charge is 2.25. The average molecular weight is 328 g/mol. The van der Waals surface area contributed by atoms with Gasteiger partial charge < -0.3 is 9.84 Å². The Morgan fingerprint density at radius 2 is 2.32 bits per heavy atom. The molecule has 0 bridgehead atoms. The summed E-state index contributed by atoms with van der Waals surface area (Å²) in [5.41, 5.74) is 0.993. The van der Waals surface area contributed by atoms with Crippen molar-refractivity contribution in [1.29, 1.82) is 0 Å². The highest BCUT2D eigenvalue weighted by molar-refractivity contribution is 9.10. The Morgan fingerprint density at radius 3 is 3.05 bits per heavy atom. The molecule has 2 unspecified atom stereocenters. The van der Waals surface area contributed by atoms with E-state index in [4.69, 9.17) is 4.74 Å². The fourth-order valence-corrected chi connectivity index (χ4v) is 3.26. The lowest BCUT2D eigenvalue weighted by Gasteiger charge is -2.37. The van der Waals surface area contributed by atoms with Crippen LogP contribution < -0.4 is 0 Å². The number of benzene rings is 1. The molecule has 1 heterocycles. The normalized spacial score (nSPS) is 22.4. The summed E-state index contributed by atoms with van der Waals surface area (Å²) in [5, 5.41) is 10.0. The summed E-state index contributed by atoms with van der Waals surface area (Å²) in [6.45, 7) is 5.12. The molecule has 1 fully saturated rings. The Morgan fingerprint density at radius 1 is 1.53 bits per heavy atom. The molecule has 106 valence electrons. The molecule has 1 aliphatic rings. The lowest BCUT2D eigenvalue weighted by Crippen LogP contribution is -2.38. The van der Waals surface area contributed by atoms with Crippen LogP contribution >= 0.6 is 15.9 Å². The number of phenolic OH excluding ortho intramolecular Hbond substituents is 1. The van der Waals surface area contributed by atoms with E-state index in [9.17, 15) is 5.11 Å². The minimum absolute atomic E-state index is 0.233. The van der Waals surface area contributed by atoms with Crippen LogP contribution in [0.25, 0.3) is 0 Å². The zero-order valence-corrected chi connectivity index (χ0v) is 13.2. The summed E-state index contributed by atoms with van der Waals surface area (Å²) in [7, 11) is 1.77. The molecule has 3 nitrogen and oxygen atoms in total. The van der Waals surface area contributed by atoms with Gasteiger partial charge in [0.15, 0.2) is 0 Å². The SMILES string of the molecule is COCC1CCCN(C(C)c2cc(Br)ccc2O)C1. The fraction of sp³-hybridized carbons (Fsp3) is 0.600. The Hall–Kier alpha value is -0.580. The summed E-state index contributed by atoms with van der Waals surface area (Å²) in [6, 6.07) is 5.87. The number of methoxy groups -OCH3 is 1. The number of aromatic hydroxyl groups is 1. The van der Waals surface area contributed by atoms with Crippen molar-refractivity contribution in [3.8, 4) is 5.75 Å². The van der Waals surface area contributed by atoms with E-state index in [1.807, 2.05) is 12.1 Å². The first-order valence-corrected chi connectivity index (χ1v) is 7.62. The van der Waals surface area contributed by atoms with Crippen LogP contribution in [-0.2, 0) is 4.74 Å². The molecule has 0 saturated carbocycles. The zero-order valence-electron chi connectivity index (χ0n) is 11.6. The van der Waals surface area contributed by atoms with Gasteiger partial charge in [-0.2, -0.15) is 0 Å². The van der Waals surface area contributed by atoms with E-state index in [2.05, 4.69) is 27.8 Å². The summed E-state index contributed by atoms with van der Waals surface area (Å²) in [6.07, 6.45) is 2.44. The number of phenols is 1. The number of nitrogens with zero attached hydrogens (tertiary/aromatic N) is 1. The van der Waals surface area contributed by atoms with Crippen molar-refractivity contribution >= 4 is 15.9 Å². The van der Waals surface area contributed by atoms with Gasteiger partial charge in [-0.1, -0.05) is 15.9 Å². The third-order valence-electron chi connectivity index (χ3n) is 3.94. The average Bonchev–Trinajstić information content (AvgIpc) is 2.41. The molecule has 1 saturated heterocycles. The van der Waals surface area contributed by atoms with Gasteiger partial charge >= 0.3 is 0 Å². The predicted octanol–water partition coefficient (Wildman–Crippen LogP) is 3.57. The number of halogens is 1. The highest BCUT2D eigenvalue weighted by atomic mass is 79.9. The van der Waals surface area contributed by atoms with Gasteiger partial charge in [0.2, 0.25) is 0 Å². The topological polar surface area (TPSA) is 32.7 Å². The number of hydrogen-bond donors (Lipinski definition) is 1. The smallest absolute Gasteiger partial charge is 0.120 e. The van der Waals surface area contributed by atoms with E-state index < -0.39 is 0 Å². The molecule has 1 aliphatic heterocycles. The molecule has 0 aliphatic carbocycles. The largest absolute Gasteiger partial charge is 0.508 e. The van der Waals surface area contributed by atoms with Crippen LogP contribution in [0.15, 0.2) is 22.7 Å². The van der Waals surface area contributed by atoms with Gasteiger partial charge in [-0.25, -0.2) is 0 Å². The number of ether oxygens (including phenoxy) is 1. The van der Waals surface area contributed by atoms with E-state index >= 15 is 0 Å². The van der Waals surface area contributed by atoms with Crippen LogP contribution in [0.4, 0.5) is 0 Å². The number of piperidine rings is 1. The Kier molecular flexibility index (Phi) is 5.25. The Balaban J connectivity index is 2.10. The standard InChI is InChI=1S/C15H22BrNO2/c1-11(14-8-13(16)5-6-15(14)18)17-7-3-4-12(9-17)10-19-2/h5-6,8,11-12,18H,3-4,7,9-10H2,1-2H3. The molecule has 1 N–H and O–H groups in total. The van der Waals surface area contributed by atoms with Crippen LogP contribution in [0.1, 0.15) is 31.4 Å². The van der Waals surface area contributed by atoms with E-state index in [0.717, 1.165) is 29.7 Å². The lowest BCUT2D eigenvalue weighted by molar-refractivity contribution is 0.0715. The molecule has 2 atom stereocenters. The van der Waals surface area contributed by atoms with Gasteiger partial charge in [-0.05, 0) is 50.4 Å². The minimum atomic E-state index is 0.233. The van der Waals surface area contributed by atoms with E-state index in [-0.39, 0.29) is 6.04 Å². The summed E-state index contributed by atoms with van der Waals surface area (Å²) >= 11 is 3.48. The molecule has 0 radical (unpaired) electrons. The molecule has 2 rings (SSSR count). The van der Waals surface area contributed by atoms with Crippen LogP contribution in [0.2, 0.25) is 0 Å². The predicted molar refractivity (Wildman–Crippen MR) is 80.4 cm³/mol. The first-order valence-electron chi connectivity index (χ1n) is 6.83. The van der Waals surface area contributed by atoms with Crippen LogP contribution in [0, 0.1) is 5.92 Å². The van der Waals surface area contributed by atoms with Crippen LogP contribution in [0.5, 0.6) is 5.75 Å². The zero-order chi connectivity index (χ0) is 13.8. The number of hydrogen-bond acceptors (Lipinski definition) is 3. The van der Waals surface area contributed by atoms with Gasteiger partial charge in [-0.3, -0.25) is 4.90 Å². The van der Waals surface area contributed by atoms with Gasteiger partial charge in [0.25, 0.3) is 0 Å². The van der Waals surface area contributed by atoms with Crippen molar-refractivity contribution in [2.75, 3.05) is 26.8 Å². The van der Waals surface area contributed by atoms with Crippen molar-refractivity contribution in [2.45, 2.75) is 25.8 Å². The van der Waals surface area contributed by atoms with Crippen LogP contribution in [-0.4, -0.2) is 36.8 Å². The molecular formula is C15H22BrNO2. The van der Waals surface area contributed by atoms with Crippen molar-refractivity contribution in [3.05, 3.63) is 28.2 Å². The summed E-state index contributed by atoms with van der Waals surface area (Å²) in [4.78, 5) is 2.44. The molecule has 0 spiro atoms. The third kappa shape index (κ3) is 3.71. The van der Waals surface area contributed by atoms with Crippen molar-refractivity contribution in [2.24, 2.45) is 5.92 Å². The second-order valence-corrected chi connectivity index (χ2v) is 6.25. The molecule has 1 aromatic carbocycles.